The first kappa shape index (κ1) is 14.0. The average Bonchev–Trinajstić information content (AvgIpc) is 2.32. The van der Waals surface area contributed by atoms with Crippen molar-refractivity contribution in [3.8, 4) is 5.75 Å². The average molecular weight is 237 g/mol. The highest BCUT2D eigenvalue weighted by Gasteiger charge is 2.06. The van der Waals surface area contributed by atoms with Crippen LogP contribution >= 0.6 is 0 Å². The van der Waals surface area contributed by atoms with E-state index < -0.39 is 0 Å². The van der Waals surface area contributed by atoms with Crippen molar-refractivity contribution in [2.75, 3.05) is 19.8 Å². The van der Waals surface area contributed by atoms with Crippen molar-refractivity contribution in [2.24, 2.45) is 0 Å². The van der Waals surface area contributed by atoms with Gasteiger partial charge >= 0.3 is 0 Å². The summed E-state index contributed by atoms with van der Waals surface area (Å²) in [5.41, 5.74) is 2.36. The smallest absolute Gasteiger partial charge is 0.122 e. The van der Waals surface area contributed by atoms with Crippen LogP contribution in [-0.2, 0) is 0 Å². The first-order chi connectivity index (χ1) is 8.17. The third-order valence-electron chi connectivity index (χ3n) is 2.78. The number of rotatable bonds is 7. The minimum Gasteiger partial charge on any atom is -0.493 e. The lowest BCUT2D eigenvalue weighted by atomic mass is 10.1. The second-order valence-corrected chi connectivity index (χ2v) is 4.34. The van der Waals surface area contributed by atoms with Crippen LogP contribution < -0.4 is 10.1 Å². The zero-order valence-electron chi connectivity index (χ0n) is 11.0. The summed E-state index contributed by atoms with van der Waals surface area (Å²) in [5.74, 6) is 0.943. The van der Waals surface area contributed by atoms with Crippen LogP contribution in [0.1, 0.15) is 24.5 Å². The van der Waals surface area contributed by atoms with E-state index in [1.807, 2.05) is 13.8 Å². The zero-order chi connectivity index (χ0) is 12.7. The predicted octanol–water partition coefficient (Wildman–Crippen LogP) is 2.04. The maximum absolute atomic E-state index is 9.13. The van der Waals surface area contributed by atoms with E-state index in [2.05, 4.69) is 30.4 Å². The summed E-state index contributed by atoms with van der Waals surface area (Å²) in [5, 5.41) is 12.3. The molecule has 3 nitrogen and oxygen atoms in total. The van der Waals surface area contributed by atoms with Gasteiger partial charge in [0.1, 0.15) is 5.75 Å². The number of aliphatic hydroxyl groups is 1. The summed E-state index contributed by atoms with van der Waals surface area (Å²) in [6.07, 6.45) is 0.817. The molecular weight excluding hydrogens is 214 g/mol. The van der Waals surface area contributed by atoms with Gasteiger partial charge < -0.3 is 15.2 Å². The van der Waals surface area contributed by atoms with E-state index in [9.17, 15) is 0 Å². The molecule has 1 rings (SSSR count). The number of hydrogen-bond donors (Lipinski definition) is 2. The minimum atomic E-state index is 0.130. The van der Waals surface area contributed by atoms with E-state index in [1.165, 1.54) is 5.56 Å². The van der Waals surface area contributed by atoms with Crippen molar-refractivity contribution in [2.45, 2.75) is 33.2 Å². The molecule has 1 aromatic rings. The van der Waals surface area contributed by atoms with E-state index in [4.69, 9.17) is 9.84 Å². The largest absolute Gasteiger partial charge is 0.493 e. The van der Waals surface area contributed by atoms with E-state index >= 15 is 0 Å². The van der Waals surface area contributed by atoms with Gasteiger partial charge in [-0.05, 0) is 44.0 Å². The first-order valence-electron chi connectivity index (χ1n) is 6.21. The number of likely N-dealkylation sites (N-methyl/N-ethyl adjacent to an activating group) is 1. The van der Waals surface area contributed by atoms with E-state index in [-0.39, 0.29) is 12.6 Å². The molecule has 96 valence electrons. The number of aryl methyl sites for hydroxylation is 2. The SMILES string of the molecule is CCNC(CO)CCOc1cc(C)ccc1C. The highest BCUT2D eigenvalue weighted by Crippen LogP contribution is 2.19. The Hall–Kier alpha value is -1.06. The molecule has 1 aromatic carbocycles. The lowest BCUT2D eigenvalue weighted by molar-refractivity contribution is 0.210. The first-order valence-corrected chi connectivity index (χ1v) is 6.21. The van der Waals surface area contributed by atoms with Crippen molar-refractivity contribution in [3.05, 3.63) is 29.3 Å². The Morgan fingerprint density at radius 1 is 1.35 bits per heavy atom. The molecule has 0 amide bonds. The number of aliphatic hydroxyl groups excluding tert-OH is 1. The Morgan fingerprint density at radius 3 is 2.76 bits per heavy atom. The van der Waals surface area contributed by atoms with Crippen molar-refractivity contribution >= 4 is 0 Å². The lowest BCUT2D eigenvalue weighted by Gasteiger charge is -2.16. The van der Waals surface area contributed by atoms with Crippen molar-refractivity contribution in [3.63, 3.8) is 0 Å². The molecule has 0 heterocycles. The van der Waals surface area contributed by atoms with Crippen LogP contribution in [0, 0.1) is 13.8 Å². The Bertz CT molecular complexity index is 339. The van der Waals surface area contributed by atoms with E-state index in [0.717, 1.165) is 24.3 Å². The van der Waals surface area contributed by atoms with Crippen molar-refractivity contribution in [1.29, 1.82) is 0 Å². The highest BCUT2D eigenvalue weighted by molar-refractivity contribution is 5.35. The minimum absolute atomic E-state index is 0.130. The summed E-state index contributed by atoms with van der Waals surface area (Å²) < 4.78 is 5.75. The Morgan fingerprint density at radius 2 is 2.12 bits per heavy atom. The van der Waals surface area contributed by atoms with Gasteiger partial charge in [-0.15, -0.1) is 0 Å². The van der Waals surface area contributed by atoms with Gasteiger partial charge in [0.2, 0.25) is 0 Å². The van der Waals surface area contributed by atoms with Gasteiger partial charge in [0.15, 0.2) is 0 Å². The van der Waals surface area contributed by atoms with Crippen LogP contribution in [0.25, 0.3) is 0 Å². The normalized spacial score (nSPS) is 12.5. The fourth-order valence-corrected chi connectivity index (χ4v) is 1.72. The number of nitrogens with one attached hydrogen (secondary N) is 1. The summed E-state index contributed by atoms with van der Waals surface area (Å²) in [6, 6.07) is 6.33. The van der Waals surface area contributed by atoms with E-state index in [1.54, 1.807) is 0 Å². The number of benzene rings is 1. The van der Waals surface area contributed by atoms with Gasteiger partial charge in [-0.3, -0.25) is 0 Å². The van der Waals surface area contributed by atoms with Gasteiger partial charge in [0.05, 0.1) is 13.2 Å². The predicted molar refractivity (Wildman–Crippen MR) is 70.6 cm³/mol. The molecule has 0 radical (unpaired) electrons. The number of hydrogen-bond acceptors (Lipinski definition) is 3. The maximum atomic E-state index is 9.13. The Labute approximate surface area is 104 Å². The van der Waals surface area contributed by atoms with Gasteiger partial charge in [0, 0.05) is 6.04 Å². The van der Waals surface area contributed by atoms with Gasteiger partial charge in [-0.1, -0.05) is 19.1 Å². The molecule has 0 aliphatic rings. The molecule has 0 aromatic heterocycles. The highest BCUT2D eigenvalue weighted by atomic mass is 16.5. The molecule has 17 heavy (non-hydrogen) atoms. The van der Waals surface area contributed by atoms with Gasteiger partial charge in [-0.25, -0.2) is 0 Å². The van der Waals surface area contributed by atoms with Crippen LogP contribution in [0.2, 0.25) is 0 Å². The molecule has 0 bridgehead atoms. The number of ether oxygens (including phenoxy) is 1. The second kappa shape index (κ2) is 7.30. The molecule has 0 aliphatic heterocycles. The second-order valence-electron chi connectivity index (χ2n) is 4.34. The molecule has 0 saturated carbocycles. The Kier molecular flexibility index (Phi) is 6.01. The summed E-state index contributed by atoms with van der Waals surface area (Å²) >= 11 is 0. The van der Waals surface area contributed by atoms with Crippen LogP contribution in [0.5, 0.6) is 5.75 Å². The molecule has 1 atom stereocenters. The standard InChI is InChI=1S/C14H23NO2/c1-4-15-13(10-16)7-8-17-14-9-11(2)5-6-12(14)3/h5-6,9,13,15-16H,4,7-8,10H2,1-3H3. The summed E-state index contributed by atoms with van der Waals surface area (Å²) in [7, 11) is 0. The molecule has 3 heteroatoms. The summed E-state index contributed by atoms with van der Waals surface area (Å²) in [4.78, 5) is 0. The van der Waals surface area contributed by atoms with Gasteiger partial charge in [0.25, 0.3) is 0 Å². The molecule has 0 fully saturated rings. The maximum Gasteiger partial charge on any atom is 0.122 e. The zero-order valence-corrected chi connectivity index (χ0v) is 11.0. The molecule has 0 aliphatic carbocycles. The molecule has 1 unspecified atom stereocenters. The third kappa shape index (κ3) is 4.75. The molecule has 0 spiro atoms. The summed E-state index contributed by atoms with van der Waals surface area (Å²) in [6.45, 7) is 7.79. The molecule has 0 saturated heterocycles. The molecular formula is C14H23NO2. The van der Waals surface area contributed by atoms with Crippen LogP contribution in [0.15, 0.2) is 18.2 Å². The van der Waals surface area contributed by atoms with Crippen molar-refractivity contribution in [1.82, 2.24) is 5.32 Å². The van der Waals surface area contributed by atoms with Crippen molar-refractivity contribution < 1.29 is 9.84 Å². The third-order valence-corrected chi connectivity index (χ3v) is 2.78. The molecule has 2 N–H and O–H groups in total. The Balaban J connectivity index is 2.42. The fraction of sp³-hybridized carbons (Fsp3) is 0.571. The topological polar surface area (TPSA) is 41.5 Å². The quantitative estimate of drug-likeness (QED) is 0.762. The van der Waals surface area contributed by atoms with Gasteiger partial charge in [-0.2, -0.15) is 0 Å². The van der Waals surface area contributed by atoms with E-state index in [0.29, 0.717) is 6.61 Å². The lowest BCUT2D eigenvalue weighted by Crippen LogP contribution is -2.33. The van der Waals surface area contributed by atoms with Crippen LogP contribution in [0.3, 0.4) is 0 Å². The monoisotopic (exact) mass is 237 g/mol. The van der Waals surface area contributed by atoms with Crippen LogP contribution in [-0.4, -0.2) is 30.9 Å². The van der Waals surface area contributed by atoms with Crippen LogP contribution in [0.4, 0.5) is 0 Å². The fourth-order valence-electron chi connectivity index (χ4n) is 1.72.